The summed E-state index contributed by atoms with van der Waals surface area (Å²) in [4.78, 5) is 25.5. The molecule has 0 saturated carbocycles. The number of carbonyl (C=O) groups is 2. The van der Waals surface area contributed by atoms with Gasteiger partial charge < -0.3 is 10.4 Å². The number of amides is 1. The molecule has 6 heteroatoms. The first kappa shape index (κ1) is 10.6. The van der Waals surface area contributed by atoms with Crippen LogP contribution in [0.5, 0.6) is 0 Å². The van der Waals surface area contributed by atoms with Crippen molar-refractivity contribution in [2.24, 2.45) is 5.92 Å². The number of carboxylic acid groups (broad SMARTS) is 1. The summed E-state index contributed by atoms with van der Waals surface area (Å²) in [6.45, 7) is 1.65. The number of thiazole rings is 1. The summed E-state index contributed by atoms with van der Waals surface area (Å²) in [6.07, 6.45) is 0. The Morgan fingerprint density at radius 3 is 2.93 bits per heavy atom. The van der Waals surface area contributed by atoms with Crippen LogP contribution >= 0.6 is 11.3 Å². The maximum Gasteiger partial charge on any atom is 0.308 e. The van der Waals surface area contributed by atoms with Crippen LogP contribution in [0.3, 0.4) is 0 Å². The van der Waals surface area contributed by atoms with E-state index in [0.717, 1.165) is 0 Å². The predicted molar refractivity (Wildman–Crippen MR) is 51.2 cm³/mol. The van der Waals surface area contributed by atoms with Crippen LogP contribution in [0.1, 0.15) is 17.4 Å². The summed E-state index contributed by atoms with van der Waals surface area (Å²) < 4.78 is 0. The summed E-state index contributed by atoms with van der Waals surface area (Å²) in [5.41, 5.74) is 1.88. The molecule has 5 nitrogen and oxygen atoms in total. The molecule has 1 amide bonds. The fraction of sp³-hybridized carbons (Fsp3) is 0.375. The van der Waals surface area contributed by atoms with Gasteiger partial charge in [0.05, 0.1) is 11.4 Å². The van der Waals surface area contributed by atoms with Gasteiger partial charge in [-0.25, -0.2) is 4.98 Å². The molecule has 1 unspecified atom stereocenters. The number of hydrogen-bond acceptors (Lipinski definition) is 4. The molecule has 0 radical (unpaired) electrons. The van der Waals surface area contributed by atoms with Crippen molar-refractivity contribution >= 4 is 23.2 Å². The van der Waals surface area contributed by atoms with Crippen LogP contribution in [-0.4, -0.2) is 28.5 Å². The van der Waals surface area contributed by atoms with E-state index in [9.17, 15) is 9.59 Å². The summed E-state index contributed by atoms with van der Waals surface area (Å²) in [6, 6.07) is 0. The number of aromatic nitrogens is 1. The van der Waals surface area contributed by atoms with Crippen molar-refractivity contribution in [2.45, 2.75) is 6.92 Å². The van der Waals surface area contributed by atoms with Gasteiger partial charge in [-0.15, -0.1) is 11.3 Å². The third-order valence-corrected chi connectivity index (χ3v) is 2.24. The van der Waals surface area contributed by atoms with Gasteiger partial charge in [-0.1, -0.05) is 6.92 Å². The summed E-state index contributed by atoms with van der Waals surface area (Å²) in [7, 11) is 0. The maximum absolute atomic E-state index is 11.3. The zero-order valence-corrected chi connectivity index (χ0v) is 8.37. The molecule has 0 aromatic carbocycles. The minimum atomic E-state index is -0.927. The van der Waals surface area contributed by atoms with Crippen LogP contribution in [0.2, 0.25) is 0 Å². The average Bonchev–Trinajstić information content (AvgIpc) is 2.66. The maximum atomic E-state index is 11.3. The van der Waals surface area contributed by atoms with Crippen LogP contribution in [0.25, 0.3) is 0 Å². The largest absolute Gasteiger partial charge is 0.481 e. The highest BCUT2D eigenvalue weighted by molar-refractivity contribution is 7.07. The van der Waals surface area contributed by atoms with E-state index in [1.807, 2.05) is 0 Å². The molecule has 0 aliphatic heterocycles. The van der Waals surface area contributed by atoms with Crippen LogP contribution < -0.4 is 5.32 Å². The highest BCUT2D eigenvalue weighted by atomic mass is 32.1. The molecule has 1 atom stereocenters. The second-order valence-electron chi connectivity index (χ2n) is 2.82. The van der Waals surface area contributed by atoms with Crippen molar-refractivity contribution in [3.63, 3.8) is 0 Å². The topological polar surface area (TPSA) is 79.3 Å². The molecular formula is C8H10N2O3S. The Balaban J connectivity index is 2.40. The van der Waals surface area contributed by atoms with Crippen molar-refractivity contribution < 1.29 is 14.7 Å². The normalized spacial score (nSPS) is 12.1. The van der Waals surface area contributed by atoms with Gasteiger partial charge in [0, 0.05) is 11.9 Å². The van der Waals surface area contributed by atoms with E-state index in [-0.39, 0.29) is 12.5 Å². The summed E-state index contributed by atoms with van der Waals surface area (Å²) in [5, 5.41) is 12.7. The van der Waals surface area contributed by atoms with Gasteiger partial charge in [-0.2, -0.15) is 0 Å². The third kappa shape index (κ3) is 2.81. The molecule has 1 heterocycles. The second kappa shape index (κ2) is 4.71. The van der Waals surface area contributed by atoms with Gasteiger partial charge in [0.15, 0.2) is 0 Å². The Bertz CT molecular complexity index is 323. The van der Waals surface area contributed by atoms with Crippen LogP contribution in [0, 0.1) is 5.92 Å². The molecule has 0 spiro atoms. The lowest BCUT2D eigenvalue weighted by Crippen LogP contribution is -2.31. The van der Waals surface area contributed by atoms with Crippen LogP contribution in [-0.2, 0) is 4.79 Å². The van der Waals surface area contributed by atoms with E-state index < -0.39 is 11.9 Å². The smallest absolute Gasteiger partial charge is 0.308 e. The first-order chi connectivity index (χ1) is 6.61. The van der Waals surface area contributed by atoms with E-state index >= 15 is 0 Å². The highest BCUT2D eigenvalue weighted by Crippen LogP contribution is 2.00. The van der Waals surface area contributed by atoms with Gasteiger partial charge in [-0.3, -0.25) is 9.59 Å². The predicted octanol–water partition coefficient (Wildman–Crippen LogP) is 0.594. The minimum Gasteiger partial charge on any atom is -0.481 e. The standard InChI is InChI=1S/C8H10N2O3S/c1-5(8(12)13)2-9-7(11)6-3-14-4-10-6/h3-5H,2H2,1H3,(H,9,11)(H,12,13). The average molecular weight is 214 g/mol. The number of hydrogen-bond donors (Lipinski definition) is 2. The van der Waals surface area contributed by atoms with Gasteiger partial charge in [-0.05, 0) is 0 Å². The fourth-order valence-electron chi connectivity index (χ4n) is 0.748. The van der Waals surface area contributed by atoms with Crippen molar-refractivity contribution in [1.82, 2.24) is 10.3 Å². The molecule has 14 heavy (non-hydrogen) atoms. The van der Waals surface area contributed by atoms with Gasteiger partial charge in [0.25, 0.3) is 5.91 Å². The first-order valence-corrected chi connectivity index (χ1v) is 4.94. The van der Waals surface area contributed by atoms with E-state index in [2.05, 4.69) is 10.3 Å². The van der Waals surface area contributed by atoms with Gasteiger partial charge in [0.1, 0.15) is 5.69 Å². The van der Waals surface area contributed by atoms with E-state index in [1.54, 1.807) is 10.9 Å². The lowest BCUT2D eigenvalue weighted by Gasteiger charge is -2.06. The van der Waals surface area contributed by atoms with Crippen LogP contribution in [0.4, 0.5) is 0 Å². The third-order valence-electron chi connectivity index (χ3n) is 1.66. The Morgan fingerprint density at radius 1 is 1.71 bits per heavy atom. The zero-order chi connectivity index (χ0) is 10.6. The number of carbonyl (C=O) groups excluding carboxylic acids is 1. The lowest BCUT2D eigenvalue weighted by atomic mass is 10.2. The Hall–Kier alpha value is -1.43. The number of aliphatic carboxylic acids is 1. The summed E-state index contributed by atoms with van der Waals surface area (Å²) >= 11 is 1.32. The molecule has 1 rings (SSSR count). The quantitative estimate of drug-likeness (QED) is 0.769. The second-order valence-corrected chi connectivity index (χ2v) is 3.54. The number of rotatable bonds is 4. The molecular weight excluding hydrogens is 204 g/mol. The molecule has 0 bridgehead atoms. The molecule has 2 N–H and O–H groups in total. The molecule has 0 saturated heterocycles. The summed E-state index contributed by atoms with van der Waals surface area (Å²) in [5.74, 6) is -1.85. The van der Waals surface area contributed by atoms with E-state index in [1.165, 1.54) is 18.3 Å². The zero-order valence-electron chi connectivity index (χ0n) is 7.56. The molecule has 1 aromatic rings. The number of nitrogens with zero attached hydrogens (tertiary/aromatic N) is 1. The Morgan fingerprint density at radius 2 is 2.43 bits per heavy atom. The fourth-order valence-corrected chi connectivity index (χ4v) is 1.28. The van der Waals surface area contributed by atoms with Crippen LogP contribution in [0.15, 0.2) is 10.9 Å². The Labute approximate surface area is 84.8 Å². The van der Waals surface area contributed by atoms with Crippen molar-refractivity contribution in [2.75, 3.05) is 6.54 Å². The molecule has 0 aliphatic carbocycles. The monoisotopic (exact) mass is 214 g/mol. The molecule has 1 aromatic heterocycles. The SMILES string of the molecule is CC(CNC(=O)c1cscn1)C(=O)O. The number of nitrogens with one attached hydrogen (secondary N) is 1. The van der Waals surface area contributed by atoms with E-state index in [0.29, 0.717) is 5.69 Å². The van der Waals surface area contributed by atoms with Crippen molar-refractivity contribution in [1.29, 1.82) is 0 Å². The van der Waals surface area contributed by atoms with Gasteiger partial charge >= 0.3 is 5.97 Å². The number of carboxylic acids is 1. The Kier molecular flexibility index (Phi) is 3.58. The minimum absolute atomic E-state index is 0.117. The molecule has 0 aliphatic rings. The van der Waals surface area contributed by atoms with Crippen molar-refractivity contribution in [3.8, 4) is 0 Å². The molecule has 0 fully saturated rings. The first-order valence-electron chi connectivity index (χ1n) is 4.00. The molecule has 76 valence electrons. The highest BCUT2D eigenvalue weighted by Gasteiger charge is 2.13. The van der Waals surface area contributed by atoms with Crippen molar-refractivity contribution in [3.05, 3.63) is 16.6 Å². The van der Waals surface area contributed by atoms with E-state index in [4.69, 9.17) is 5.11 Å². The van der Waals surface area contributed by atoms with Gasteiger partial charge in [0.2, 0.25) is 0 Å². The lowest BCUT2D eigenvalue weighted by molar-refractivity contribution is -0.140.